The summed E-state index contributed by atoms with van der Waals surface area (Å²) in [6, 6.07) is 8.12. The number of benzene rings is 1. The number of nitrogens with zero attached hydrogens (tertiary/aromatic N) is 3. The lowest BCUT2D eigenvalue weighted by atomic mass is 10.0. The summed E-state index contributed by atoms with van der Waals surface area (Å²) < 4.78 is 5.00. The highest BCUT2D eigenvalue weighted by molar-refractivity contribution is 7.13. The Kier molecular flexibility index (Phi) is 4.98. The van der Waals surface area contributed by atoms with E-state index in [1.807, 2.05) is 23.1 Å². The lowest BCUT2D eigenvalue weighted by molar-refractivity contribution is 0.0520. The topological polar surface area (TPSA) is 74.8 Å². The van der Waals surface area contributed by atoms with Crippen LogP contribution in [0, 0.1) is 0 Å². The van der Waals surface area contributed by atoms with Crippen molar-refractivity contribution in [3.8, 4) is 0 Å². The third kappa shape index (κ3) is 3.62. The molecule has 3 heterocycles. The van der Waals surface area contributed by atoms with E-state index < -0.39 is 0 Å². The van der Waals surface area contributed by atoms with Crippen LogP contribution in [-0.2, 0) is 11.3 Å². The van der Waals surface area contributed by atoms with E-state index in [-0.39, 0.29) is 18.0 Å². The lowest BCUT2D eigenvalue weighted by Gasteiger charge is -2.40. The Labute approximate surface area is 161 Å². The number of hydrogen-bond donors (Lipinski definition) is 1. The van der Waals surface area contributed by atoms with Crippen molar-refractivity contribution in [1.82, 2.24) is 9.88 Å². The van der Waals surface area contributed by atoms with E-state index in [0.717, 1.165) is 42.3 Å². The summed E-state index contributed by atoms with van der Waals surface area (Å²) in [7, 11) is 0. The second-order valence-corrected chi connectivity index (χ2v) is 7.51. The van der Waals surface area contributed by atoms with Crippen LogP contribution in [0.1, 0.15) is 35.8 Å². The predicted molar refractivity (Wildman–Crippen MR) is 104 cm³/mol. The minimum absolute atomic E-state index is 0.0222. The number of nitrogens with one attached hydrogen (secondary N) is 1. The first-order chi connectivity index (χ1) is 13.2. The van der Waals surface area contributed by atoms with Gasteiger partial charge < -0.3 is 19.9 Å². The molecule has 1 N–H and O–H groups in total. The molecule has 2 aromatic rings. The smallest absolute Gasteiger partial charge is 0.357 e. The highest BCUT2D eigenvalue weighted by Gasteiger charge is 2.32. The van der Waals surface area contributed by atoms with Crippen LogP contribution in [0.2, 0.25) is 0 Å². The van der Waals surface area contributed by atoms with Gasteiger partial charge in [0.2, 0.25) is 0 Å². The Morgan fingerprint density at radius 1 is 1.33 bits per heavy atom. The molecule has 0 radical (unpaired) electrons. The van der Waals surface area contributed by atoms with Crippen LogP contribution in [0.3, 0.4) is 0 Å². The molecule has 0 atom stereocenters. The van der Waals surface area contributed by atoms with Crippen LogP contribution in [0.15, 0.2) is 29.6 Å². The number of carbonyl (C=O) groups excluding carboxylic acids is 2. The van der Waals surface area contributed by atoms with Crippen LogP contribution in [0.5, 0.6) is 0 Å². The van der Waals surface area contributed by atoms with Gasteiger partial charge in [-0.2, -0.15) is 0 Å². The van der Waals surface area contributed by atoms with Crippen molar-refractivity contribution in [2.75, 3.05) is 29.9 Å². The van der Waals surface area contributed by atoms with Crippen molar-refractivity contribution in [1.29, 1.82) is 0 Å². The van der Waals surface area contributed by atoms with Gasteiger partial charge in [-0.3, -0.25) is 0 Å². The number of para-hydroxylation sites is 1. The Morgan fingerprint density at radius 2 is 2.11 bits per heavy atom. The molecule has 2 aliphatic rings. The average molecular weight is 386 g/mol. The van der Waals surface area contributed by atoms with Crippen molar-refractivity contribution in [3.05, 3.63) is 40.9 Å². The fourth-order valence-corrected chi connectivity index (χ4v) is 4.44. The van der Waals surface area contributed by atoms with E-state index in [2.05, 4.69) is 21.3 Å². The number of thiazole rings is 1. The molecule has 2 aliphatic heterocycles. The quantitative estimate of drug-likeness (QED) is 0.816. The molecule has 27 heavy (non-hydrogen) atoms. The first-order valence-corrected chi connectivity index (χ1v) is 10.1. The van der Waals surface area contributed by atoms with Crippen LogP contribution >= 0.6 is 11.3 Å². The molecule has 0 saturated carbocycles. The first-order valence-electron chi connectivity index (χ1n) is 9.19. The highest BCUT2D eigenvalue weighted by atomic mass is 32.1. The highest BCUT2D eigenvalue weighted by Crippen LogP contribution is 2.30. The number of esters is 1. The largest absolute Gasteiger partial charge is 0.461 e. The van der Waals surface area contributed by atoms with E-state index >= 15 is 0 Å². The molecule has 0 spiro atoms. The summed E-state index contributed by atoms with van der Waals surface area (Å²) in [5.41, 5.74) is 2.43. The van der Waals surface area contributed by atoms with Crippen molar-refractivity contribution >= 4 is 34.2 Å². The molecule has 142 valence electrons. The number of fused-ring (bicyclic) bond motifs is 1. The fourth-order valence-electron chi connectivity index (χ4n) is 3.59. The monoisotopic (exact) mass is 386 g/mol. The maximum atomic E-state index is 12.5. The first kappa shape index (κ1) is 17.8. The summed E-state index contributed by atoms with van der Waals surface area (Å²) in [6.45, 7) is 4.40. The molecule has 0 bridgehead atoms. The molecule has 4 rings (SSSR count). The van der Waals surface area contributed by atoms with Crippen molar-refractivity contribution in [2.24, 2.45) is 0 Å². The maximum absolute atomic E-state index is 12.5. The van der Waals surface area contributed by atoms with Crippen molar-refractivity contribution in [3.63, 3.8) is 0 Å². The van der Waals surface area contributed by atoms with Gasteiger partial charge >= 0.3 is 12.0 Å². The zero-order valence-corrected chi connectivity index (χ0v) is 16.0. The van der Waals surface area contributed by atoms with E-state index in [9.17, 15) is 9.59 Å². The van der Waals surface area contributed by atoms with Crippen LogP contribution in [0.25, 0.3) is 0 Å². The summed E-state index contributed by atoms with van der Waals surface area (Å²) >= 11 is 1.46. The van der Waals surface area contributed by atoms with Gasteiger partial charge in [-0.05, 0) is 31.4 Å². The number of amides is 2. The lowest BCUT2D eigenvalue weighted by Crippen LogP contribution is -2.50. The van der Waals surface area contributed by atoms with Gasteiger partial charge in [0.25, 0.3) is 0 Å². The maximum Gasteiger partial charge on any atom is 0.357 e. The standard InChI is InChI=1S/C19H22N4O3S/c1-2-26-17(24)16-12-27-19(21-16)22-9-7-14(8-10-22)23-11-13-5-3-4-6-15(13)20-18(23)25/h3-6,12,14H,2,7-11H2,1H3,(H,20,25). The SMILES string of the molecule is CCOC(=O)c1csc(N2CCC(N3Cc4ccccc4NC3=O)CC2)n1. The van der Waals surface area contributed by atoms with E-state index in [0.29, 0.717) is 18.8 Å². The Balaban J connectivity index is 1.38. The molecule has 1 aromatic carbocycles. The molecule has 7 nitrogen and oxygen atoms in total. The van der Waals surface area contributed by atoms with Crippen molar-refractivity contribution < 1.29 is 14.3 Å². The number of hydrogen-bond acceptors (Lipinski definition) is 6. The molecular formula is C19H22N4O3S. The Morgan fingerprint density at radius 3 is 2.89 bits per heavy atom. The van der Waals surface area contributed by atoms with Crippen LogP contribution in [0.4, 0.5) is 15.6 Å². The molecule has 0 aliphatic carbocycles. The molecule has 8 heteroatoms. The number of urea groups is 1. The van der Waals surface area contributed by atoms with Crippen LogP contribution in [-0.4, -0.2) is 47.6 Å². The zero-order valence-electron chi connectivity index (χ0n) is 15.2. The van der Waals surface area contributed by atoms with Gasteiger partial charge in [-0.1, -0.05) is 18.2 Å². The number of piperidine rings is 1. The second-order valence-electron chi connectivity index (χ2n) is 6.67. The van der Waals surface area contributed by atoms with Gasteiger partial charge in [0.15, 0.2) is 10.8 Å². The molecule has 2 amide bonds. The second kappa shape index (κ2) is 7.56. The number of anilines is 2. The number of ether oxygens (including phenoxy) is 1. The van der Waals surface area contributed by atoms with Crippen LogP contribution < -0.4 is 10.2 Å². The summed E-state index contributed by atoms with van der Waals surface area (Å²) in [5, 5.41) is 5.57. The minimum Gasteiger partial charge on any atom is -0.461 e. The predicted octanol–water partition coefficient (Wildman–Crippen LogP) is 3.34. The Bertz CT molecular complexity index is 845. The molecule has 0 unspecified atom stereocenters. The third-order valence-electron chi connectivity index (χ3n) is 5.01. The van der Waals surface area contributed by atoms with Gasteiger partial charge in [0, 0.05) is 36.7 Å². The van der Waals surface area contributed by atoms with Gasteiger partial charge in [0.05, 0.1) is 6.61 Å². The van der Waals surface area contributed by atoms with Gasteiger partial charge in [-0.25, -0.2) is 14.6 Å². The average Bonchev–Trinajstić information content (AvgIpc) is 3.18. The zero-order chi connectivity index (χ0) is 18.8. The normalized spacial score (nSPS) is 17.4. The summed E-state index contributed by atoms with van der Waals surface area (Å²) in [6.07, 6.45) is 1.76. The molecule has 1 saturated heterocycles. The minimum atomic E-state index is -0.376. The number of rotatable bonds is 4. The molecule has 1 aromatic heterocycles. The van der Waals surface area contributed by atoms with Gasteiger partial charge in [-0.15, -0.1) is 11.3 Å². The summed E-state index contributed by atoms with van der Waals surface area (Å²) in [4.78, 5) is 32.8. The van der Waals surface area contributed by atoms with Crippen molar-refractivity contribution in [2.45, 2.75) is 32.4 Å². The number of carbonyl (C=O) groups is 2. The molecule has 1 fully saturated rings. The molecular weight excluding hydrogens is 364 g/mol. The van der Waals surface area contributed by atoms with Gasteiger partial charge in [0.1, 0.15) is 0 Å². The van der Waals surface area contributed by atoms with E-state index in [1.54, 1.807) is 12.3 Å². The fraction of sp³-hybridized carbons (Fsp3) is 0.421. The summed E-state index contributed by atoms with van der Waals surface area (Å²) in [5.74, 6) is -0.376. The van der Waals surface area contributed by atoms with E-state index in [4.69, 9.17) is 4.74 Å². The number of aromatic nitrogens is 1. The third-order valence-corrected chi connectivity index (χ3v) is 5.91. The van der Waals surface area contributed by atoms with E-state index in [1.165, 1.54) is 11.3 Å². The Hall–Kier alpha value is -2.61.